The summed E-state index contributed by atoms with van der Waals surface area (Å²) in [5.41, 5.74) is 0.802. The Hall–Kier alpha value is -2.44. The van der Waals surface area contributed by atoms with Crippen molar-refractivity contribution in [2.45, 2.75) is 18.6 Å². The molecular formula is C16H10ClNO5. The van der Waals surface area contributed by atoms with Crippen LogP contribution in [0.25, 0.3) is 0 Å². The maximum Gasteiger partial charge on any atom is 0.280 e. The van der Waals surface area contributed by atoms with Crippen molar-refractivity contribution < 1.29 is 19.6 Å². The number of ketones is 1. The van der Waals surface area contributed by atoms with Crippen LogP contribution in [0, 0.1) is 17.0 Å². The number of aliphatic hydroxyl groups is 1. The van der Waals surface area contributed by atoms with Crippen molar-refractivity contribution in [3.05, 3.63) is 67.7 Å². The van der Waals surface area contributed by atoms with Crippen molar-refractivity contribution in [1.29, 1.82) is 0 Å². The Morgan fingerprint density at radius 1 is 1.35 bits per heavy atom. The number of hydrogen-bond donors (Lipinski definition) is 1. The molecule has 2 unspecified atom stereocenters. The first-order chi connectivity index (χ1) is 10.8. The molecule has 2 aromatic carbocycles. The van der Waals surface area contributed by atoms with Crippen LogP contribution in [0.5, 0.6) is 5.75 Å². The molecule has 2 atom stereocenters. The second-order valence-electron chi connectivity index (χ2n) is 5.71. The maximum absolute atomic E-state index is 12.8. The maximum atomic E-state index is 12.8. The molecule has 1 N–H and O–H groups in total. The summed E-state index contributed by atoms with van der Waals surface area (Å²) >= 11 is 6.06. The molecule has 0 fully saturated rings. The number of hydrogen-bond acceptors (Lipinski definition) is 5. The molecule has 1 aliphatic heterocycles. The van der Waals surface area contributed by atoms with E-state index in [0.717, 1.165) is 5.56 Å². The zero-order valence-corrected chi connectivity index (χ0v) is 12.6. The molecule has 6 nitrogen and oxygen atoms in total. The molecule has 2 aromatic rings. The van der Waals surface area contributed by atoms with Crippen LogP contribution in [0.1, 0.15) is 33.0 Å². The molecule has 23 heavy (non-hydrogen) atoms. The highest BCUT2D eigenvalue weighted by molar-refractivity contribution is 6.35. The standard InChI is InChI=1S/C16H10ClNO5/c1-7-2-3-8-11(6-7)23-16(20)13(8)15(19)12-9(17)4-5-10(14(12)16)18(21)22/h2-6,13,20H,1H3. The summed E-state index contributed by atoms with van der Waals surface area (Å²) in [7, 11) is 0. The van der Waals surface area contributed by atoms with E-state index in [1.807, 2.05) is 6.92 Å². The van der Waals surface area contributed by atoms with E-state index in [1.54, 1.807) is 18.2 Å². The molecule has 0 aromatic heterocycles. The van der Waals surface area contributed by atoms with Crippen LogP contribution < -0.4 is 4.74 Å². The van der Waals surface area contributed by atoms with E-state index in [2.05, 4.69) is 0 Å². The smallest absolute Gasteiger partial charge is 0.280 e. The Morgan fingerprint density at radius 3 is 2.78 bits per heavy atom. The number of rotatable bonds is 1. The quantitative estimate of drug-likeness (QED) is 0.640. The van der Waals surface area contributed by atoms with Crippen molar-refractivity contribution >= 4 is 23.1 Å². The van der Waals surface area contributed by atoms with Gasteiger partial charge in [0, 0.05) is 11.6 Å². The lowest BCUT2D eigenvalue weighted by Gasteiger charge is -2.22. The summed E-state index contributed by atoms with van der Waals surface area (Å²) in [5, 5.41) is 22.4. The summed E-state index contributed by atoms with van der Waals surface area (Å²) in [4.78, 5) is 23.4. The topological polar surface area (TPSA) is 89.7 Å². The first-order valence-electron chi connectivity index (χ1n) is 6.88. The van der Waals surface area contributed by atoms with Gasteiger partial charge < -0.3 is 9.84 Å². The van der Waals surface area contributed by atoms with Crippen molar-refractivity contribution in [3.8, 4) is 5.75 Å². The molecule has 4 rings (SSSR count). The predicted molar refractivity (Wildman–Crippen MR) is 80.9 cm³/mol. The fourth-order valence-electron chi connectivity index (χ4n) is 3.39. The summed E-state index contributed by atoms with van der Waals surface area (Å²) in [6.45, 7) is 1.84. The van der Waals surface area contributed by atoms with E-state index in [1.165, 1.54) is 12.1 Å². The van der Waals surface area contributed by atoms with Gasteiger partial charge in [-0.15, -0.1) is 0 Å². The van der Waals surface area contributed by atoms with Gasteiger partial charge in [0.1, 0.15) is 17.2 Å². The number of nitrogens with zero attached hydrogens (tertiary/aromatic N) is 1. The lowest BCUT2D eigenvalue weighted by molar-refractivity contribution is -0.387. The Labute approximate surface area is 135 Å². The van der Waals surface area contributed by atoms with E-state index in [9.17, 15) is 20.0 Å². The van der Waals surface area contributed by atoms with Gasteiger partial charge in [-0.2, -0.15) is 0 Å². The van der Waals surface area contributed by atoms with Crippen LogP contribution in [-0.2, 0) is 5.79 Å². The van der Waals surface area contributed by atoms with Crippen LogP contribution in [0.15, 0.2) is 30.3 Å². The normalized spacial score (nSPS) is 24.0. The van der Waals surface area contributed by atoms with Crippen molar-refractivity contribution in [1.82, 2.24) is 0 Å². The summed E-state index contributed by atoms with van der Waals surface area (Å²) in [6.07, 6.45) is 0. The molecule has 2 aliphatic rings. The molecular weight excluding hydrogens is 322 g/mol. The number of fused-ring (bicyclic) bond motifs is 5. The van der Waals surface area contributed by atoms with E-state index < -0.39 is 22.4 Å². The SMILES string of the molecule is Cc1ccc2c(c1)OC1(O)c3c([N+](=O)[O-])ccc(Cl)c3C(=O)C21. The van der Waals surface area contributed by atoms with Crippen molar-refractivity contribution in [2.75, 3.05) is 0 Å². The number of Topliss-reactive ketones (excluding diaryl/α,β-unsaturated/α-hetero) is 1. The number of benzene rings is 2. The summed E-state index contributed by atoms with van der Waals surface area (Å²) < 4.78 is 5.61. The Morgan fingerprint density at radius 2 is 2.09 bits per heavy atom. The number of aryl methyl sites for hydroxylation is 1. The van der Waals surface area contributed by atoms with E-state index >= 15 is 0 Å². The molecule has 0 spiro atoms. The highest BCUT2D eigenvalue weighted by Gasteiger charge is 2.62. The largest absolute Gasteiger partial charge is 0.456 e. The van der Waals surface area contributed by atoms with E-state index in [4.69, 9.17) is 16.3 Å². The van der Waals surface area contributed by atoms with Gasteiger partial charge >= 0.3 is 0 Å². The van der Waals surface area contributed by atoms with Gasteiger partial charge in [0.2, 0.25) is 0 Å². The third-order valence-corrected chi connectivity index (χ3v) is 4.65. The third-order valence-electron chi connectivity index (χ3n) is 4.33. The molecule has 0 radical (unpaired) electrons. The van der Waals surface area contributed by atoms with Gasteiger partial charge in [-0.3, -0.25) is 14.9 Å². The van der Waals surface area contributed by atoms with Crippen LogP contribution in [0.4, 0.5) is 5.69 Å². The van der Waals surface area contributed by atoms with E-state index in [0.29, 0.717) is 11.3 Å². The Bertz CT molecular complexity index is 910. The first-order valence-corrected chi connectivity index (χ1v) is 7.26. The second-order valence-corrected chi connectivity index (χ2v) is 6.12. The van der Waals surface area contributed by atoms with Crippen LogP contribution >= 0.6 is 11.6 Å². The lowest BCUT2D eigenvalue weighted by atomic mass is 9.92. The summed E-state index contributed by atoms with van der Waals surface area (Å²) in [6, 6.07) is 7.63. The molecule has 0 amide bonds. The summed E-state index contributed by atoms with van der Waals surface area (Å²) in [5.74, 6) is -3.27. The minimum atomic E-state index is -2.10. The van der Waals surface area contributed by atoms with E-state index in [-0.39, 0.29) is 21.8 Å². The van der Waals surface area contributed by atoms with Gasteiger partial charge in [-0.05, 0) is 24.6 Å². The van der Waals surface area contributed by atoms with Gasteiger partial charge in [0.05, 0.1) is 15.5 Å². The minimum absolute atomic E-state index is 0.0420. The molecule has 0 saturated heterocycles. The predicted octanol–water partition coefficient (Wildman–Crippen LogP) is 3.07. The number of nitro benzene ring substituents is 1. The number of nitro groups is 1. The molecule has 1 aliphatic carbocycles. The lowest BCUT2D eigenvalue weighted by Crippen LogP contribution is -2.33. The number of carbonyl (C=O) groups excluding carboxylic acids is 1. The molecule has 0 bridgehead atoms. The van der Waals surface area contributed by atoms with Crippen LogP contribution in [0.3, 0.4) is 0 Å². The average Bonchev–Trinajstić information content (AvgIpc) is 2.88. The fraction of sp³-hybridized carbons (Fsp3) is 0.188. The first kappa shape index (κ1) is 14.2. The highest BCUT2D eigenvalue weighted by Crippen LogP contribution is 2.58. The Kier molecular flexibility index (Phi) is 2.65. The van der Waals surface area contributed by atoms with Crippen LogP contribution in [0.2, 0.25) is 5.02 Å². The molecule has 1 heterocycles. The number of carbonyl (C=O) groups is 1. The number of halogens is 1. The number of ether oxygens (including phenoxy) is 1. The average molecular weight is 332 g/mol. The van der Waals surface area contributed by atoms with Crippen molar-refractivity contribution in [2.24, 2.45) is 0 Å². The third kappa shape index (κ3) is 1.64. The Balaban J connectivity index is 2.03. The molecule has 0 saturated carbocycles. The van der Waals surface area contributed by atoms with Crippen LogP contribution in [-0.4, -0.2) is 15.8 Å². The highest BCUT2D eigenvalue weighted by atomic mass is 35.5. The van der Waals surface area contributed by atoms with Gasteiger partial charge in [-0.25, -0.2) is 0 Å². The molecule has 7 heteroatoms. The van der Waals surface area contributed by atoms with Gasteiger partial charge in [0.25, 0.3) is 11.5 Å². The second kappa shape index (κ2) is 4.31. The molecule has 116 valence electrons. The fourth-order valence-corrected chi connectivity index (χ4v) is 3.64. The van der Waals surface area contributed by atoms with Gasteiger partial charge in [0.15, 0.2) is 5.78 Å². The minimum Gasteiger partial charge on any atom is -0.456 e. The zero-order valence-electron chi connectivity index (χ0n) is 11.9. The monoisotopic (exact) mass is 331 g/mol. The van der Waals surface area contributed by atoms with Crippen molar-refractivity contribution in [3.63, 3.8) is 0 Å². The zero-order chi connectivity index (χ0) is 16.5. The van der Waals surface area contributed by atoms with Gasteiger partial charge in [-0.1, -0.05) is 23.7 Å².